The first-order valence-electron chi connectivity index (χ1n) is 8.05. The van der Waals surface area contributed by atoms with E-state index in [-0.39, 0.29) is 0 Å². The molecule has 3 aliphatic rings. The average molecular weight is 235 g/mol. The van der Waals surface area contributed by atoms with Crippen LogP contribution in [0, 0.1) is 23.2 Å². The zero-order chi connectivity index (χ0) is 11.7. The maximum absolute atomic E-state index is 3.76. The van der Waals surface area contributed by atoms with Gasteiger partial charge in [-0.05, 0) is 68.2 Å². The van der Waals surface area contributed by atoms with Crippen molar-refractivity contribution in [3.63, 3.8) is 0 Å². The van der Waals surface area contributed by atoms with Crippen LogP contribution in [0.15, 0.2) is 0 Å². The largest absolute Gasteiger partial charge is 0.316 e. The number of hydrogen-bond acceptors (Lipinski definition) is 1. The molecule has 1 nitrogen and oxygen atoms in total. The Hall–Kier alpha value is -0.0400. The van der Waals surface area contributed by atoms with Gasteiger partial charge in [0.2, 0.25) is 0 Å². The third-order valence-electron chi connectivity index (χ3n) is 5.78. The van der Waals surface area contributed by atoms with E-state index in [1.807, 2.05) is 0 Å². The fourth-order valence-corrected chi connectivity index (χ4v) is 4.79. The lowest BCUT2D eigenvalue weighted by Crippen LogP contribution is -2.40. The highest BCUT2D eigenvalue weighted by Crippen LogP contribution is 2.63. The molecule has 2 unspecified atom stereocenters. The fourth-order valence-electron chi connectivity index (χ4n) is 4.79. The van der Waals surface area contributed by atoms with Gasteiger partial charge in [-0.15, -0.1) is 0 Å². The lowest BCUT2D eigenvalue weighted by molar-refractivity contribution is 0.104. The second-order valence-electron chi connectivity index (χ2n) is 7.04. The molecule has 3 fully saturated rings. The van der Waals surface area contributed by atoms with Crippen LogP contribution in [-0.4, -0.2) is 13.1 Å². The van der Waals surface area contributed by atoms with Crippen molar-refractivity contribution in [2.75, 3.05) is 13.1 Å². The molecular weight excluding hydrogens is 206 g/mol. The van der Waals surface area contributed by atoms with Gasteiger partial charge in [0.25, 0.3) is 0 Å². The zero-order valence-electron chi connectivity index (χ0n) is 11.5. The number of hydrogen-bond donors (Lipinski definition) is 1. The summed E-state index contributed by atoms with van der Waals surface area (Å²) in [5, 5.41) is 3.76. The SMILES string of the molecule is CCCNCC1(C2CCCCC2)CC2CC2C1. The molecule has 3 aliphatic carbocycles. The van der Waals surface area contributed by atoms with E-state index >= 15 is 0 Å². The van der Waals surface area contributed by atoms with Crippen molar-refractivity contribution in [3.8, 4) is 0 Å². The molecule has 1 heteroatoms. The van der Waals surface area contributed by atoms with Crippen molar-refractivity contribution in [1.82, 2.24) is 5.32 Å². The average Bonchev–Trinajstić information content (AvgIpc) is 2.99. The quantitative estimate of drug-likeness (QED) is 0.711. The molecule has 3 saturated carbocycles. The second kappa shape index (κ2) is 4.91. The minimum atomic E-state index is 0.725. The molecule has 17 heavy (non-hydrogen) atoms. The number of nitrogens with one attached hydrogen (secondary N) is 1. The predicted octanol–water partition coefficient (Wildman–Crippen LogP) is 3.98. The predicted molar refractivity (Wildman–Crippen MR) is 73.0 cm³/mol. The minimum absolute atomic E-state index is 0.725. The summed E-state index contributed by atoms with van der Waals surface area (Å²) >= 11 is 0. The molecular formula is C16H29N. The molecule has 0 bridgehead atoms. The normalized spacial score (nSPS) is 41.5. The molecule has 0 aliphatic heterocycles. The van der Waals surface area contributed by atoms with Crippen LogP contribution >= 0.6 is 0 Å². The van der Waals surface area contributed by atoms with Gasteiger partial charge in [-0.3, -0.25) is 0 Å². The molecule has 2 atom stereocenters. The first-order chi connectivity index (χ1) is 8.34. The summed E-state index contributed by atoms with van der Waals surface area (Å²) in [5.74, 6) is 3.34. The summed E-state index contributed by atoms with van der Waals surface area (Å²) in [4.78, 5) is 0. The molecule has 0 radical (unpaired) electrons. The van der Waals surface area contributed by atoms with Gasteiger partial charge < -0.3 is 5.32 Å². The Labute approximate surface area is 107 Å². The summed E-state index contributed by atoms with van der Waals surface area (Å²) in [6, 6.07) is 0. The topological polar surface area (TPSA) is 12.0 Å². The maximum atomic E-state index is 3.76. The van der Waals surface area contributed by atoms with Crippen molar-refractivity contribution in [3.05, 3.63) is 0 Å². The van der Waals surface area contributed by atoms with E-state index in [1.165, 1.54) is 51.6 Å². The third kappa shape index (κ3) is 2.41. The Kier molecular flexibility index (Phi) is 3.47. The van der Waals surface area contributed by atoms with E-state index in [0.717, 1.165) is 23.2 Å². The van der Waals surface area contributed by atoms with E-state index in [9.17, 15) is 0 Å². The van der Waals surface area contributed by atoms with E-state index < -0.39 is 0 Å². The smallest absolute Gasteiger partial charge is 0.00107 e. The first-order valence-corrected chi connectivity index (χ1v) is 8.05. The Balaban J connectivity index is 1.63. The van der Waals surface area contributed by atoms with Crippen LogP contribution in [0.1, 0.15) is 64.7 Å². The molecule has 98 valence electrons. The van der Waals surface area contributed by atoms with Crippen LogP contribution in [0.3, 0.4) is 0 Å². The highest BCUT2D eigenvalue weighted by atomic mass is 14.9. The van der Waals surface area contributed by atoms with Crippen LogP contribution in [0.5, 0.6) is 0 Å². The Bertz CT molecular complexity index is 244. The van der Waals surface area contributed by atoms with Crippen molar-refractivity contribution in [2.45, 2.75) is 64.7 Å². The molecule has 0 amide bonds. The molecule has 0 spiro atoms. The summed E-state index contributed by atoms with van der Waals surface area (Å²) in [6.07, 6.45) is 13.6. The van der Waals surface area contributed by atoms with Crippen molar-refractivity contribution < 1.29 is 0 Å². The molecule has 0 aromatic rings. The van der Waals surface area contributed by atoms with Crippen molar-refractivity contribution in [1.29, 1.82) is 0 Å². The van der Waals surface area contributed by atoms with Crippen LogP contribution in [0.2, 0.25) is 0 Å². The van der Waals surface area contributed by atoms with E-state index in [0.29, 0.717) is 0 Å². The molecule has 0 heterocycles. The molecule has 0 aromatic heterocycles. The van der Waals surface area contributed by atoms with Crippen LogP contribution in [0.4, 0.5) is 0 Å². The second-order valence-corrected chi connectivity index (χ2v) is 7.04. The molecule has 3 rings (SSSR count). The van der Waals surface area contributed by atoms with E-state index in [1.54, 1.807) is 19.3 Å². The van der Waals surface area contributed by atoms with Crippen LogP contribution < -0.4 is 5.32 Å². The Morgan fingerprint density at radius 1 is 1.06 bits per heavy atom. The zero-order valence-corrected chi connectivity index (χ0v) is 11.5. The summed E-state index contributed by atoms with van der Waals surface area (Å²) in [7, 11) is 0. The van der Waals surface area contributed by atoms with Crippen LogP contribution in [0.25, 0.3) is 0 Å². The highest BCUT2D eigenvalue weighted by Gasteiger charge is 2.55. The molecule has 0 aromatic carbocycles. The Morgan fingerprint density at radius 3 is 2.41 bits per heavy atom. The van der Waals surface area contributed by atoms with Gasteiger partial charge >= 0.3 is 0 Å². The van der Waals surface area contributed by atoms with Gasteiger partial charge in [0.05, 0.1) is 0 Å². The van der Waals surface area contributed by atoms with Crippen molar-refractivity contribution >= 4 is 0 Å². The van der Waals surface area contributed by atoms with E-state index in [4.69, 9.17) is 0 Å². The van der Waals surface area contributed by atoms with Gasteiger partial charge in [0.1, 0.15) is 0 Å². The maximum Gasteiger partial charge on any atom is 0.00107 e. The monoisotopic (exact) mass is 235 g/mol. The van der Waals surface area contributed by atoms with Gasteiger partial charge in [-0.1, -0.05) is 26.2 Å². The van der Waals surface area contributed by atoms with Gasteiger partial charge in [0.15, 0.2) is 0 Å². The van der Waals surface area contributed by atoms with Gasteiger partial charge in [-0.25, -0.2) is 0 Å². The highest BCUT2D eigenvalue weighted by molar-refractivity contribution is 5.06. The fraction of sp³-hybridized carbons (Fsp3) is 1.00. The van der Waals surface area contributed by atoms with Gasteiger partial charge in [-0.2, -0.15) is 0 Å². The summed E-state index contributed by atoms with van der Waals surface area (Å²) in [6.45, 7) is 4.84. The van der Waals surface area contributed by atoms with Crippen molar-refractivity contribution in [2.24, 2.45) is 23.2 Å². The lowest BCUT2D eigenvalue weighted by atomic mass is 9.66. The number of fused-ring (bicyclic) bond motifs is 1. The molecule has 1 N–H and O–H groups in total. The minimum Gasteiger partial charge on any atom is -0.316 e. The summed E-state index contributed by atoms with van der Waals surface area (Å²) in [5.41, 5.74) is 0.725. The standard InChI is InChI=1S/C16H29N/c1-2-8-17-12-16(10-13-9-14(13)11-16)15-6-4-3-5-7-15/h13-15,17H,2-12H2,1H3. The van der Waals surface area contributed by atoms with Gasteiger partial charge in [0, 0.05) is 6.54 Å². The first kappa shape index (κ1) is 12.0. The van der Waals surface area contributed by atoms with E-state index in [2.05, 4.69) is 12.2 Å². The third-order valence-corrected chi connectivity index (χ3v) is 5.78. The van der Waals surface area contributed by atoms with Crippen LogP contribution in [-0.2, 0) is 0 Å². The summed E-state index contributed by atoms with van der Waals surface area (Å²) < 4.78 is 0. The Morgan fingerprint density at radius 2 is 1.76 bits per heavy atom. The number of rotatable bonds is 5. The molecule has 0 saturated heterocycles. The lowest BCUT2D eigenvalue weighted by Gasteiger charge is -2.41.